The third-order valence-corrected chi connectivity index (χ3v) is 3.98. The standard InChI is InChI=1S/C19H22FNO2/c1-3-4-5-14-6-9-16(10-7-14)21-19(23)18-12-15(20)8-11-17(18)13(2)22/h6-11,18H,3-5,12H2,1-2H3,(H,21,23). The number of hydrogen-bond donors (Lipinski definition) is 1. The molecule has 0 radical (unpaired) electrons. The fourth-order valence-corrected chi connectivity index (χ4v) is 2.63. The summed E-state index contributed by atoms with van der Waals surface area (Å²) in [6.07, 6.45) is 5.88. The molecule has 1 aromatic carbocycles. The number of rotatable bonds is 6. The Morgan fingerprint density at radius 3 is 2.52 bits per heavy atom. The van der Waals surface area contributed by atoms with Gasteiger partial charge in [0.15, 0.2) is 5.78 Å². The number of carbonyl (C=O) groups excluding carboxylic acids is 2. The molecular weight excluding hydrogens is 293 g/mol. The van der Waals surface area contributed by atoms with Crippen LogP contribution in [0.5, 0.6) is 0 Å². The third kappa shape index (κ3) is 4.62. The number of Topliss-reactive ketones (excluding diaryl/α,β-unsaturated/α-hetero) is 1. The Balaban J connectivity index is 2.05. The van der Waals surface area contributed by atoms with E-state index in [-0.39, 0.29) is 23.9 Å². The molecule has 122 valence electrons. The van der Waals surface area contributed by atoms with E-state index in [1.807, 2.05) is 24.3 Å². The smallest absolute Gasteiger partial charge is 0.232 e. The van der Waals surface area contributed by atoms with Gasteiger partial charge in [0.25, 0.3) is 0 Å². The molecule has 2 rings (SSSR count). The average Bonchev–Trinajstić information content (AvgIpc) is 2.53. The minimum Gasteiger partial charge on any atom is -0.326 e. The van der Waals surface area contributed by atoms with E-state index in [9.17, 15) is 14.0 Å². The summed E-state index contributed by atoms with van der Waals surface area (Å²) in [6.45, 7) is 3.54. The van der Waals surface area contributed by atoms with Gasteiger partial charge in [-0.15, -0.1) is 0 Å². The molecule has 0 saturated heterocycles. The van der Waals surface area contributed by atoms with Gasteiger partial charge in [0.2, 0.25) is 5.91 Å². The number of hydrogen-bond acceptors (Lipinski definition) is 2. The molecule has 0 aliphatic heterocycles. The lowest BCUT2D eigenvalue weighted by Crippen LogP contribution is -2.28. The van der Waals surface area contributed by atoms with Crippen LogP contribution in [0.2, 0.25) is 0 Å². The number of allylic oxidation sites excluding steroid dienone is 3. The zero-order chi connectivity index (χ0) is 16.8. The lowest BCUT2D eigenvalue weighted by Gasteiger charge is -2.20. The van der Waals surface area contributed by atoms with E-state index in [0.717, 1.165) is 19.3 Å². The summed E-state index contributed by atoms with van der Waals surface area (Å²) in [6, 6.07) is 7.65. The topological polar surface area (TPSA) is 46.2 Å². The summed E-state index contributed by atoms with van der Waals surface area (Å²) in [5, 5.41) is 2.77. The maximum atomic E-state index is 13.5. The highest BCUT2D eigenvalue weighted by atomic mass is 19.1. The van der Waals surface area contributed by atoms with Gasteiger partial charge in [-0.2, -0.15) is 0 Å². The largest absolute Gasteiger partial charge is 0.326 e. The molecule has 0 bridgehead atoms. The van der Waals surface area contributed by atoms with Gasteiger partial charge >= 0.3 is 0 Å². The van der Waals surface area contributed by atoms with Gasteiger partial charge in [-0.1, -0.05) is 31.6 Å². The Labute approximate surface area is 136 Å². The van der Waals surface area contributed by atoms with Gasteiger partial charge in [-0.05, 0) is 43.5 Å². The van der Waals surface area contributed by atoms with Crippen LogP contribution in [-0.2, 0) is 16.0 Å². The minimum absolute atomic E-state index is 0.0637. The summed E-state index contributed by atoms with van der Waals surface area (Å²) in [4.78, 5) is 24.0. The molecule has 23 heavy (non-hydrogen) atoms. The summed E-state index contributed by atoms with van der Waals surface area (Å²) in [5.74, 6) is -1.71. The summed E-state index contributed by atoms with van der Waals surface area (Å²) >= 11 is 0. The van der Waals surface area contributed by atoms with Crippen molar-refractivity contribution in [2.45, 2.75) is 39.5 Å². The third-order valence-electron chi connectivity index (χ3n) is 3.98. The van der Waals surface area contributed by atoms with Gasteiger partial charge in [0.05, 0.1) is 5.92 Å². The normalized spacial score (nSPS) is 17.3. The molecule has 0 spiro atoms. The van der Waals surface area contributed by atoms with Crippen molar-refractivity contribution in [3.05, 3.63) is 53.4 Å². The molecule has 0 saturated carbocycles. The quantitative estimate of drug-likeness (QED) is 0.848. The number of benzene rings is 1. The van der Waals surface area contributed by atoms with Gasteiger partial charge in [0, 0.05) is 17.7 Å². The van der Waals surface area contributed by atoms with E-state index in [1.165, 1.54) is 24.6 Å². The number of ketones is 1. The molecule has 1 atom stereocenters. The Bertz CT molecular complexity index is 644. The van der Waals surface area contributed by atoms with Crippen LogP contribution in [0.1, 0.15) is 38.7 Å². The molecule has 3 nitrogen and oxygen atoms in total. The second kappa shape index (κ2) is 7.86. The van der Waals surface area contributed by atoms with E-state index in [1.54, 1.807) is 0 Å². The Hall–Kier alpha value is -2.23. The van der Waals surface area contributed by atoms with Gasteiger partial charge < -0.3 is 5.32 Å². The zero-order valence-corrected chi connectivity index (χ0v) is 13.6. The summed E-state index contributed by atoms with van der Waals surface area (Å²) in [7, 11) is 0. The van der Waals surface area contributed by atoms with Crippen molar-refractivity contribution in [1.29, 1.82) is 0 Å². The Morgan fingerprint density at radius 2 is 1.91 bits per heavy atom. The number of unbranched alkanes of at least 4 members (excludes halogenated alkanes) is 1. The van der Waals surface area contributed by atoms with E-state index in [2.05, 4.69) is 12.2 Å². The van der Waals surface area contributed by atoms with E-state index in [4.69, 9.17) is 0 Å². The summed E-state index contributed by atoms with van der Waals surface area (Å²) in [5.41, 5.74) is 2.23. The van der Waals surface area contributed by atoms with E-state index >= 15 is 0 Å². The molecule has 1 aliphatic rings. The number of carbonyl (C=O) groups is 2. The van der Waals surface area contributed by atoms with Crippen molar-refractivity contribution in [2.24, 2.45) is 5.92 Å². The predicted molar refractivity (Wildman–Crippen MR) is 89.7 cm³/mol. The lowest BCUT2D eigenvalue weighted by atomic mass is 9.87. The lowest BCUT2D eigenvalue weighted by molar-refractivity contribution is -0.121. The van der Waals surface area contributed by atoms with Crippen LogP contribution in [-0.4, -0.2) is 11.7 Å². The summed E-state index contributed by atoms with van der Waals surface area (Å²) < 4.78 is 13.5. The fourth-order valence-electron chi connectivity index (χ4n) is 2.63. The van der Waals surface area contributed by atoms with Crippen LogP contribution in [0.4, 0.5) is 10.1 Å². The van der Waals surface area contributed by atoms with Gasteiger partial charge in [-0.3, -0.25) is 9.59 Å². The first-order valence-electron chi connectivity index (χ1n) is 7.98. The second-order valence-electron chi connectivity index (χ2n) is 5.84. The predicted octanol–water partition coefficient (Wildman–Crippen LogP) is 4.36. The molecule has 0 heterocycles. The van der Waals surface area contributed by atoms with Crippen LogP contribution >= 0.6 is 0 Å². The molecular formula is C19H22FNO2. The maximum Gasteiger partial charge on any atom is 0.232 e. The van der Waals surface area contributed by atoms with Crippen molar-refractivity contribution >= 4 is 17.4 Å². The van der Waals surface area contributed by atoms with Crippen LogP contribution in [0.25, 0.3) is 0 Å². The van der Waals surface area contributed by atoms with Gasteiger partial charge in [-0.25, -0.2) is 4.39 Å². The SMILES string of the molecule is CCCCc1ccc(NC(=O)C2CC(F)=CC=C2C(C)=O)cc1. The molecule has 0 aromatic heterocycles. The number of amides is 1. The highest BCUT2D eigenvalue weighted by molar-refractivity contribution is 6.04. The second-order valence-corrected chi connectivity index (χ2v) is 5.84. The number of aryl methyl sites for hydroxylation is 1. The Morgan fingerprint density at radius 1 is 1.22 bits per heavy atom. The number of nitrogens with one attached hydrogen (secondary N) is 1. The Kier molecular flexibility index (Phi) is 5.85. The van der Waals surface area contributed by atoms with Crippen molar-refractivity contribution in [1.82, 2.24) is 0 Å². The maximum absolute atomic E-state index is 13.5. The number of anilines is 1. The highest BCUT2D eigenvalue weighted by Gasteiger charge is 2.29. The first-order valence-corrected chi connectivity index (χ1v) is 7.98. The first-order chi connectivity index (χ1) is 11.0. The van der Waals surface area contributed by atoms with Crippen LogP contribution < -0.4 is 5.32 Å². The van der Waals surface area contributed by atoms with E-state index in [0.29, 0.717) is 11.3 Å². The molecule has 1 unspecified atom stereocenters. The highest BCUT2D eigenvalue weighted by Crippen LogP contribution is 2.28. The van der Waals surface area contributed by atoms with Crippen LogP contribution in [0.15, 0.2) is 47.8 Å². The number of halogens is 1. The van der Waals surface area contributed by atoms with Crippen LogP contribution in [0, 0.1) is 5.92 Å². The van der Waals surface area contributed by atoms with Crippen molar-refractivity contribution in [2.75, 3.05) is 5.32 Å². The zero-order valence-electron chi connectivity index (χ0n) is 13.6. The van der Waals surface area contributed by atoms with Crippen molar-refractivity contribution in [3.63, 3.8) is 0 Å². The molecule has 4 heteroatoms. The van der Waals surface area contributed by atoms with Crippen LogP contribution in [0.3, 0.4) is 0 Å². The molecule has 1 aliphatic carbocycles. The molecule has 1 N–H and O–H groups in total. The molecule has 1 aromatic rings. The minimum atomic E-state index is -0.766. The van der Waals surface area contributed by atoms with Gasteiger partial charge in [0.1, 0.15) is 5.83 Å². The monoisotopic (exact) mass is 315 g/mol. The molecule has 1 amide bonds. The average molecular weight is 315 g/mol. The fraction of sp³-hybridized carbons (Fsp3) is 0.368. The van der Waals surface area contributed by atoms with Crippen molar-refractivity contribution < 1.29 is 14.0 Å². The molecule has 0 fully saturated rings. The van der Waals surface area contributed by atoms with E-state index < -0.39 is 5.92 Å². The first kappa shape index (κ1) is 17.1. The van der Waals surface area contributed by atoms with Crippen molar-refractivity contribution in [3.8, 4) is 0 Å².